The maximum Gasteiger partial charge on any atom is 0.230 e. The van der Waals surface area contributed by atoms with Gasteiger partial charge < -0.3 is 15.2 Å². The average molecular weight is 398 g/mol. The van der Waals surface area contributed by atoms with Crippen molar-refractivity contribution in [2.75, 3.05) is 5.32 Å². The van der Waals surface area contributed by atoms with Crippen LogP contribution in [-0.4, -0.2) is 16.9 Å². The molecule has 5 nitrogen and oxygen atoms in total. The van der Waals surface area contributed by atoms with E-state index < -0.39 is 17.8 Å². The van der Waals surface area contributed by atoms with Crippen molar-refractivity contribution in [2.24, 2.45) is 17.8 Å². The van der Waals surface area contributed by atoms with Gasteiger partial charge in [0.1, 0.15) is 0 Å². The first-order chi connectivity index (χ1) is 13.3. The van der Waals surface area contributed by atoms with Crippen LogP contribution in [0.15, 0.2) is 36.4 Å². The van der Waals surface area contributed by atoms with Gasteiger partial charge >= 0.3 is 0 Å². The topological polar surface area (TPSA) is 82.1 Å². The Morgan fingerprint density at radius 2 is 1.82 bits per heavy atom. The number of hydrogen-bond acceptors (Lipinski definition) is 5. The third-order valence-electron chi connectivity index (χ3n) is 4.97. The summed E-state index contributed by atoms with van der Waals surface area (Å²) in [5.41, 5.74) is 3.14. The number of carbonyl (C=O) groups excluding carboxylic acids is 2. The van der Waals surface area contributed by atoms with E-state index in [1.807, 2.05) is 13.0 Å². The Morgan fingerprint density at radius 3 is 2.43 bits per heavy atom. The molecule has 6 heteroatoms. The lowest BCUT2D eigenvalue weighted by Gasteiger charge is -2.27. The van der Waals surface area contributed by atoms with Crippen molar-refractivity contribution in [1.29, 1.82) is 0 Å². The zero-order valence-corrected chi connectivity index (χ0v) is 17.2. The number of hydrogen-bond donors (Lipinski definition) is 1. The second-order valence-electron chi connectivity index (χ2n) is 7.68. The molecule has 1 aromatic carbocycles. The Kier molecular flexibility index (Phi) is 6.29. The van der Waals surface area contributed by atoms with Crippen LogP contribution in [0.4, 0.5) is 5.13 Å². The summed E-state index contributed by atoms with van der Waals surface area (Å²) in [5, 5.41) is 14.6. The highest BCUT2D eigenvalue weighted by molar-refractivity contribution is 7.16. The number of nitrogens with zero attached hydrogens (tertiary/aromatic N) is 1. The number of carbonyl (C=O) groups is 2. The third kappa shape index (κ3) is 4.68. The molecule has 148 valence electrons. The number of nitrogens with one attached hydrogen (secondary N) is 1. The van der Waals surface area contributed by atoms with Crippen LogP contribution in [0.2, 0.25) is 0 Å². The minimum Gasteiger partial charge on any atom is -0.550 e. The van der Waals surface area contributed by atoms with Crippen molar-refractivity contribution in [3.8, 4) is 11.3 Å². The SMILES string of the molecule is Cc1sc(NC(=O)[C@H]2CC=CC[C@H]2C(=O)[O-])nc1-c1ccc(CC(C)C)cc1. The maximum absolute atomic E-state index is 12.6. The number of aromatic nitrogens is 1. The van der Waals surface area contributed by atoms with Crippen LogP contribution < -0.4 is 10.4 Å². The van der Waals surface area contributed by atoms with Crippen molar-refractivity contribution in [3.05, 3.63) is 46.9 Å². The molecule has 1 N–H and O–H groups in total. The van der Waals surface area contributed by atoms with Gasteiger partial charge in [-0.3, -0.25) is 4.79 Å². The zero-order chi connectivity index (χ0) is 20.3. The smallest absolute Gasteiger partial charge is 0.230 e. The molecule has 3 rings (SSSR count). The number of amides is 1. The van der Waals surface area contributed by atoms with Crippen LogP contribution in [0.3, 0.4) is 0 Å². The first-order valence-electron chi connectivity index (χ1n) is 9.58. The minimum atomic E-state index is -1.18. The van der Waals surface area contributed by atoms with Gasteiger partial charge in [0.25, 0.3) is 0 Å². The van der Waals surface area contributed by atoms with Gasteiger partial charge in [-0.15, -0.1) is 11.3 Å². The quantitative estimate of drug-likeness (QED) is 0.755. The van der Waals surface area contributed by atoms with Gasteiger partial charge in [0, 0.05) is 22.3 Å². The molecule has 2 aromatic rings. The molecule has 0 aliphatic heterocycles. The molecular formula is C22H25N2O3S-. The second kappa shape index (κ2) is 8.69. The number of anilines is 1. The van der Waals surface area contributed by atoms with Crippen molar-refractivity contribution in [3.63, 3.8) is 0 Å². The average Bonchev–Trinajstić information content (AvgIpc) is 3.02. The third-order valence-corrected chi connectivity index (χ3v) is 5.86. The van der Waals surface area contributed by atoms with Gasteiger partial charge in [-0.05, 0) is 37.7 Å². The molecule has 0 fully saturated rings. The van der Waals surface area contributed by atoms with Crippen molar-refractivity contribution in [2.45, 2.75) is 40.0 Å². The van der Waals surface area contributed by atoms with Crippen LogP contribution in [0.5, 0.6) is 0 Å². The van der Waals surface area contributed by atoms with E-state index >= 15 is 0 Å². The van der Waals surface area contributed by atoms with Gasteiger partial charge in [-0.1, -0.05) is 50.3 Å². The van der Waals surface area contributed by atoms with E-state index in [2.05, 4.69) is 48.4 Å². The first-order valence-corrected chi connectivity index (χ1v) is 10.4. The Morgan fingerprint density at radius 1 is 1.18 bits per heavy atom. The molecule has 28 heavy (non-hydrogen) atoms. The Hall–Kier alpha value is -2.47. The largest absolute Gasteiger partial charge is 0.550 e. The molecule has 1 amide bonds. The molecule has 0 saturated heterocycles. The summed E-state index contributed by atoms with van der Waals surface area (Å²) in [4.78, 5) is 29.5. The number of rotatable bonds is 6. The van der Waals surface area contributed by atoms with E-state index in [-0.39, 0.29) is 5.91 Å². The predicted octanol–water partition coefficient (Wildman–Crippen LogP) is 3.59. The number of aryl methyl sites for hydroxylation is 1. The second-order valence-corrected chi connectivity index (χ2v) is 8.89. The minimum absolute atomic E-state index is 0.314. The Labute approximate surface area is 169 Å². The van der Waals surface area contributed by atoms with E-state index in [9.17, 15) is 14.7 Å². The lowest BCUT2D eigenvalue weighted by molar-refractivity contribution is -0.313. The summed E-state index contributed by atoms with van der Waals surface area (Å²) in [6.45, 7) is 6.36. The predicted molar refractivity (Wildman–Crippen MR) is 110 cm³/mol. The molecule has 0 radical (unpaired) electrons. The molecule has 0 unspecified atom stereocenters. The summed E-state index contributed by atoms with van der Waals surface area (Å²) < 4.78 is 0. The molecule has 1 aromatic heterocycles. The Balaban J connectivity index is 1.74. The van der Waals surface area contributed by atoms with E-state index in [4.69, 9.17) is 0 Å². The zero-order valence-electron chi connectivity index (χ0n) is 16.4. The van der Waals surface area contributed by atoms with Crippen LogP contribution in [0, 0.1) is 24.7 Å². The molecule has 0 saturated carbocycles. The van der Waals surface area contributed by atoms with Crippen LogP contribution in [-0.2, 0) is 16.0 Å². The van der Waals surface area contributed by atoms with Gasteiger partial charge in [0.15, 0.2) is 5.13 Å². The molecule has 1 heterocycles. The molecule has 0 spiro atoms. The molecule has 1 aliphatic carbocycles. The van der Waals surface area contributed by atoms with Crippen molar-refractivity contribution < 1.29 is 14.7 Å². The van der Waals surface area contributed by atoms with Gasteiger partial charge in [-0.25, -0.2) is 4.98 Å². The lowest BCUT2D eigenvalue weighted by Crippen LogP contribution is -2.41. The number of carboxylic acids is 1. The normalized spacial score (nSPS) is 19.0. The summed E-state index contributed by atoms with van der Waals surface area (Å²) in [7, 11) is 0. The van der Waals surface area contributed by atoms with Crippen LogP contribution in [0.1, 0.15) is 37.1 Å². The highest BCUT2D eigenvalue weighted by Gasteiger charge is 2.30. The fraction of sp³-hybridized carbons (Fsp3) is 0.409. The van der Waals surface area contributed by atoms with E-state index in [0.717, 1.165) is 22.6 Å². The van der Waals surface area contributed by atoms with E-state index in [0.29, 0.717) is 23.9 Å². The van der Waals surface area contributed by atoms with E-state index in [1.165, 1.54) is 16.9 Å². The molecule has 2 atom stereocenters. The highest BCUT2D eigenvalue weighted by Crippen LogP contribution is 2.32. The highest BCUT2D eigenvalue weighted by atomic mass is 32.1. The lowest BCUT2D eigenvalue weighted by atomic mass is 9.82. The number of aliphatic carboxylic acids is 1. The Bertz CT molecular complexity index is 884. The number of benzene rings is 1. The fourth-order valence-electron chi connectivity index (χ4n) is 3.55. The summed E-state index contributed by atoms with van der Waals surface area (Å²) in [6.07, 6.45) is 5.40. The maximum atomic E-state index is 12.6. The number of carboxylic acid groups (broad SMARTS) is 1. The molecular weight excluding hydrogens is 372 g/mol. The number of allylic oxidation sites excluding steroid dienone is 2. The van der Waals surface area contributed by atoms with Crippen molar-refractivity contribution in [1.82, 2.24) is 4.98 Å². The number of thiazole rings is 1. The monoisotopic (exact) mass is 397 g/mol. The van der Waals surface area contributed by atoms with Gasteiger partial charge in [0.05, 0.1) is 11.6 Å². The standard InChI is InChI=1S/C22H26N2O3S/c1-13(2)12-15-8-10-16(11-9-15)19-14(3)28-22(23-19)24-20(25)17-6-4-5-7-18(17)21(26)27/h4-5,8-11,13,17-18H,6-7,12H2,1-3H3,(H,26,27)(H,23,24,25)/p-1/t17-,18+/m0/s1. The van der Waals surface area contributed by atoms with Crippen LogP contribution in [0.25, 0.3) is 11.3 Å². The van der Waals surface area contributed by atoms with Crippen LogP contribution >= 0.6 is 11.3 Å². The molecule has 1 aliphatic rings. The summed E-state index contributed by atoms with van der Waals surface area (Å²) in [5.74, 6) is -2.31. The van der Waals surface area contributed by atoms with Gasteiger partial charge in [-0.2, -0.15) is 0 Å². The fourth-order valence-corrected chi connectivity index (χ4v) is 4.39. The summed E-state index contributed by atoms with van der Waals surface area (Å²) in [6, 6.07) is 8.35. The summed E-state index contributed by atoms with van der Waals surface area (Å²) >= 11 is 1.40. The van der Waals surface area contributed by atoms with Gasteiger partial charge in [0.2, 0.25) is 5.91 Å². The van der Waals surface area contributed by atoms with Crippen molar-refractivity contribution >= 4 is 28.3 Å². The first kappa shape index (κ1) is 20.3. The van der Waals surface area contributed by atoms with E-state index in [1.54, 1.807) is 6.08 Å². The molecule has 0 bridgehead atoms.